The van der Waals surface area contributed by atoms with Gasteiger partial charge in [-0.25, -0.2) is 4.79 Å². The van der Waals surface area contributed by atoms with E-state index in [1.807, 2.05) is 20.8 Å². The summed E-state index contributed by atoms with van der Waals surface area (Å²) in [6.07, 6.45) is 3.11. The van der Waals surface area contributed by atoms with E-state index in [4.69, 9.17) is 33.9 Å². The van der Waals surface area contributed by atoms with Gasteiger partial charge in [-0.1, -0.05) is 40.0 Å². The van der Waals surface area contributed by atoms with Crippen LogP contribution >= 0.6 is 0 Å². The molecule has 3 N–H and O–H groups in total. The van der Waals surface area contributed by atoms with Gasteiger partial charge >= 0.3 is 23.9 Å². The lowest BCUT2D eigenvalue weighted by atomic mass is 9.96. The van der Waals surface area contributed by atoms with Gasteiger partial charge < -0.3 is 39.0 Å². The maximum Gasteiger partial charge on any atom is 0.336 e. The maximum absolute atomic E-state index is 11.9. The van der Waals surface area contributed by atoms with E-state index in [1.54, 1.807) is 0 Å². The Balaban J connectivity index is 4.78. The van der Waals surface area contributed by atoms with Crippen molar-refractivity contribution in [2.75, 3.05) is 39.6 Å². The second-order valence-electron chi connectivity index (χ2n) is 7.65. The summed E-state index contributed by atoms with van der Waals surface area (Å²) >= 11 is 0. The van der Waals surface area contributed by atoms with Gasteiger partial charge in [0.05, 0.1) is 39.3 Å². The fourth-order valence-electron chi connectivity index (χ4n) is 2.53. The average Bonchev–Trinajstić information content (AvgIpc) is 2.73. The van der Waals surface area contributed by atoms with Gasteiger partial charge in [0.2, 0.25) is 0 Å². The van der Waals surface area contributed by atoms with Crippen molar-refractivity contribution in [2.45, 2.75) is 83.7 Å². The minimum atomic E-state index is -2.74. The lowest BCUT2D eigenvalue weighted by molar-refractivity contribution is -0.395. The first-order valence-electron chi connectivity index (χ1n) is 11.5. The highest BCUT2D eigenvalue weighted by atomic mass is 16.9. The van der Waals surface area contributed by atoms with Crippen molar-refractivity contribution < 1.29 is 53.4 Å². The molecule has 0 aromatic carbocycles. The van der Waals surface area contributed by atoms with E-state index >= 15 is 0 Å². The topological polar surface area (TPSA) is 158 Å². The lowest BCUT2D eigenvalue weighted by Gasteiger charge is -2.33. The zero-order valence-electron chi connectivity index (χ0n) is 20.0. The minimum absolute atomic E-state index is 0.0661. The number of aliphatic carboxylic acids is 2. The van der Waals surface area contributed by atoms with Crippen LogP contribution in [0.4, 0.5) is 0 Å². The number of hydrogen-bond donors (Lipinski definition) is 3. The lowest BCUT2D eigenvalue weighted by Crippen LogP contribution is -2.45. The van der Waals surface area contributed by atoms with Crippen LogP contribution in [0.2, 0.25) is 0 Å². The van der Waals surface area contributed by atoms with Crippen LogP contribution in [0.15, 0.2) is 0 Å². The summed E-state index contributed by atoms with van der Waals surface area (Å²) in [6.45, 7) is 6.99. The third-order valence-corrected chi connectivity index (χ3v) is 4.51. The molecule has 0 saturated heterocycles. The third-order valence-electron chi connectivity index (χ3n) is 4.51. The third kappa shape index (κ3) is 14.2. The van der Waals surface area contributed by atoms with Crippen LogP contribution in [0.25, 0.3) is 0 Å². The molecule has 0 aromatic heterocycles. The number of carbonyl (C=O) groups is 3. The first-order chi connectivity index (χ1) is 15.6. The van der Waals surface area contributed by atoms with Crippen molar-refractivity contribution >= 4 is 17.9 Å². The highest BCUT2D eigenvalue weighted by Gasteiger charge is 2.41. The Morgan fingerprint density at radius 1 is 0.727 bits per heavy atom. The zero-order chi connectivity index (χ0) is 25.2. The molecule has 0 amide bonds. The first kappa shape index (κ1) is 31.2. The number of carboxylic acid groups (broad SMARTS) is 2. The molecule has 0 aliphatic heterocycles. The number of rotatable bonds is 22. The van der Waals surface area contributed by atoms with Crippen molar-refractivity contribution in [3.8, 4) is 0 Å². The van der Waals surface area contributed by atoms with Gasteiger partial charge in [-0.3, -0.25) is 9.59 Å². The summed E-state index contributed by atoms with van der Waals surface area (Å²) in [7, 11) is 0. The molecule has 0 rings (SSSR count). The van der Waals surface area contributed by atoms with Gasteiger partial charge in [0.1, 0.15) is 13.2 Å². The largest absolute Gasteiger partial charge is 0.481 e. The predicted octanol–water partition coefficient (Wildman–Crippen LogP) is 2.33. The molecule has 0 heterocycles. The van der Waals surface area contributed by atoms with E-state index in [-0.39, 0.29) is 19.8 Å². The molecule has 0 saturated carbocycles. The molecule has 0 aliphatic rings. The second kappa shape index (κ2) is 17.7. The molecule has 0 fully saturated rings. The molecule has 0 aromatic rings. The summed E-state index contributed by atoms with van der Waals surface area (Å²) in [6, 6.07) is 0. The Hall–Kier alpha value is -1.79. The number of aliphatic hydroxyl groups is 1. The Morgan fingerprint density at radius 2 is 1.21 bits per heavy atom. The van der Waals surface area contributed by atoms with Gasteiger partial charge in [0.25, 0.3) is 0 Å². The van der Waals surface area contributed by atoms with E-state index in [9.17, 15) is 19.5 Å². The minimum Gasteiger partial charge on any atom is -0.481 e. The van der Waals surface area contributed by atoms with E-state index in [0.717, 1.165) is 38.5 Å². The summed E-state index contributed by atoms with van der Waals surface area (Å²) < 4.78 is 28.1. The van der Waals surface area contributed by atoms with E-state index in [1.165, 1.54) is 0 Å². The molecule has 11 heteroatoms. The SMILES string of the molecule is CCCCOC(COCCOC(=O)CC(O)(CC(=O)O)C(=O)O)(OCCCC)OCCCC. The Labute approximate surface area is 195 Å². The van der Waals surface area contributed by atoms with E-state index in [0.29, 0.717) is 19.8 Å². The second-order valence-corrected chi connectivity index (χ2v) is 7.65. The molecular weight excluding hydrogens is 440 g/mol. The van der Waals surface area contributed by atoms with Crippen molar-refractivity contribution in [2.24, 2.45) is 0 Å². The monoisotopic (exact) mass is 480 g/mol. The number of carbonyl (C=O) groups excluding carboxylic acids is 1. The molecular formula is C22H40O11. The molecule has 0 aliphatic carbocycles. The molecule has 1 atom stereocenters. The Bertz CT molecular complexity index is 540. The van der Waals surface area contributed by atoms with Gasteiger partial charge in [0, 0.05) is 0 Å². The Kier molecular flexibility index (Phi) is 16.7. The molecule has 11 nitrogen and oxygen atoms in total. The average molecular weight is 481 g/mol. The number of esters is 1. The van der Waals surface area contributed by atoms with Crippen LogP contribution in [0, 0.1) is 0 Å². The summed E-state index contributed by atoms with van der Waals surface area (Å²) in [4.78, 5) is 33.7. The molecule has 33 heavy (non-hydrogen) atoms. The fourth-order valence-corrected chi connectivity index (χ4v) is 2.53. The van der Waals surface area contributed by atoms with Crippen LogP contribution in [-0.4, -0.2) is 84.4 Å². The summed E-state index contributed by atoms with van der Waals surface area (Å²) in [5.41, 5.74) is -2.74. The van der Waals surface area contributed by atoms with Crippen LogP contribution in [-0.2, 0) is 38.1 Å². The standard InChI is InChI=1S/C22H40O11/c1-4-7-10-31-22(32-11-8-5-2,33-12-9-6-3)17-29-13-14-30-19(25)16-21(28,20(26)27)15-18(23)24/h28H,4-17H2,1-3H3,(H,23,24)(H,26,27). The van der Waals surface area contributed by atoms with Crippen molar-refractivity contribution in [1.82, 2.24) is 0 Å². The molecule has 0 spiro atoms. The Morgan fingerprint density at radius 3 is 1.61 bits per heavy atom. The zero-order valence-corrected chi connectivity index (χ0v) is 20.0. The molecule has 1 unspecified atom stereocenters. The van der Waals surface area contributed by atoms with E-state index in [2.05, 4.69) is 0 Å². The van der Waals surface area contributed by atoms with Crippen LogP contribution < -0.4 is 0 Å². The summed E-state index contributed by atoms with van der Waals surface area (Å²) in [5.74, 6) is -5.81. The van der Waals surface area contributed by atoms with Crippen molar-refractivity contribution in [1.29, 1.82) is 0 Å². The van der Waals surface area contributed by atoms with Crippen molar-refractivity contribution in [3.05, 3.63) is 0 Å². The number of carboxylic acids is 2. The maximum atomic E-state index is 11.9. The van der Waals surface area contributed by atoms with E-state index < -0.39 is 42.3 Å². The first-order valence-corrected chi connectivity index (χ1v) is 11.5. The predicted molar refractivity (Wildman–Crippen MR) is 117 cm³/mol. The van der Waals surface area contributed by atoms with Crippen LogP contribution in [0.5, 0.6) is 0 Å². The van der Waals surface area contributed by atoms with Gasteiger partial charge in [-0.05, 0) is 19.3 Å². The van der Waals surface area contributed by atoms with Gasteiger partial charge in [-0.15, -0.1) is 0 Å². The summed E-state index contributed by atoms with van der Waals surface area (Å²) in [5, 5.41) is 27.6. The highest BCUT2D eigenvalue weighted by molar-refractivity contribution is 5.88. The van der Waals surface area contributed by atoms with Gasteiger partial charge in [-0.2, -0.15) is 0 Å². The fraction of sp³-hybridized carbons (Fsp3) is 0.864. The number of hydrogen-bond acceptors (Lipinski definition) is 9. The van der Waals surface area contributed by atoms with Crippen LogP contribution in [0.1, 0.15) is 72.1 Å². The van der Waals surface area contributed by atoms with Crippen LogP contribution in [0.3, 0.4) is 0 Å². The number of ether oxygens (including phenoxy) is 5. The van der Waals surface area contributed by atoms with Gasteiger partial charge in [0.15, 0.2) is 5.60 Å². The quantitative estimate of drug-likeness (QED) is 0.119. The van der Waals surface area contributed by atoms with Crippen molar-refractivity contribution in [3.63, 3.8) is 0 Å². The smallest absolute Gasteiger partial charge is 0.336 e. The molecule has 0 radical (unpaired) electrons. The number of unbranched alkanes of at least 4 members (excludes halogenated alkanes) is 3. The molecule has 194 valence electrons. The molecule has 0 bridgehead atoms. The normalized spacial score (nSPS) is 13.5. The highest BCUT2D eigenvalue weighted by Crippen LogP contribution is 2.20.